The zero-order chi connectivity index (χ0) is 12.9. The normalized spacial score (nSPS) is 11.8. The molecule has 0 aromatic carbocycles. The van der Waals surface area contributed by atoms with E-state index in [0.717, 1.165) is 5.56 Å². The molecule has 0 aliphatic carbocycles. The van der Waals surface area contributed by atoms with Crippen molar-refractivity contribution in [3.63, 3.8) is 0 Å². The van der Waals surface area contributed by atoms with Gasteiger partial charge in [-0.15, -0.1) is 0 Å². The summed E-state index contributed by atoms with van der Waals surface area (Å²) in [4.78, 5) is 11.4. The molecule has 1 heterocycles. The quantitative estimate of drug-likeness (QED) is 0.748. The molecule has 3 nitrogen and oxygen atoms in total. The van der Waals surface area contributed by atoms with Crippen LogP contribution in [0.2, 0.25) is 0 Å². The lowest BCUT2D eigenvalue weighted by atomic mass is 10.3. The topological polar surface area (TPSA) is 31.2 Å². The van der Waals surface area contributed by atoms with Gasteiger partial charge in [0.1, 0.15) is 6.61 Å². The van der Waals surface area contributed by atoms with E-state index in [-0.39, 0.29) is 12.2 Å². The van der Waals surface area contributed by atoms with Crippen LogP contribution in [0.25, 0.3) is 0 Å². The van der Waals surface area contributed by atoms with Gasteiger partial charge in [-0.25, -0.2) is 0 Å². The van der Waals surface area contributed by atoms with Crippen LogP contribution in [-0.2, 0) is 11.3 Å². The average Bonchev–Trinajstić information content (AvgIpc) is 2.18. The number of hydrogen-bond donors (Lipinski definition) is 0. The fraction of sp³-hybridized carbons (Fsp3) is 0.545. The van der Waals surface area contributed by atoms with Crippen molar-refractivity contribution in [1.82, 2.24) is 4.57 Å². The van der Waals surface area contributed by atoms with E-state index in [1.54, 1.807) is 19.2 Å². The number of nitrogens with zero attached hydrogens (tertiary/aromatic N) is 1. The molecule has 0 aliphatic heterocycles. The van der Waals surface area contributed by atoms with E-state index in [9.17, 15) is 18.0 Å². The molecule has 6 heteroatoms. The molecule has 0 spiro atoms. The van der Waals surface area contributed by atoms with Gasteiger partial charge in [-0.3, -0.25) is 4.79 Å². The molecule has 0 aliphatic rings. The second-order valence-corrected chi connectivity index (χ2v) is 3.76. The van der Waals surface area contributed by atoms with Gasteiger partial charge >= 0.3 is 6.18 Å². The maximum absolute atomic E-state index is 11.7. The predicted molar refractivity (Wildman–Crippen MR) is 56.9 cm³/mol. The maximum Gasteiger partial charge on any atom is 0.411 e. The van der Waals surface area contributed by atoms with Gasteiger partial charge in [-0.05, 0) is 25.0 Å². The smallest absolute Gasteiger partial charge is 0.372 e. The molecule has 0 fully saturated rings. The summed E-state index contributed by atoms with van der Waals surface area (Å²) in [5, 5.41) is 0. The Morgan fingerprint density at radius 1 is 1.41 bits per heavy atom. The van der Waals surface area contributed by atoms with Crippen molar-refractivity contribution in [1.29, 1.82) is 0 Å². The van der Waals surface area contributed by atoms with Crippen LogP contribution in [0.4, 0.5) is 13.2 Å². The molecule has 1 rings (SSSR count). The highest BCUT2D eigenvalue weighted by Gasteiger charge is 2.27. The van der Waals surface area contributed by atoms with Crippen LogP contribution in [0.1, 0.15) is 12.0 Å². The second kappa shape index (κ2) is 5.86. The second-order valence-electron chi connectivity index (χ2n) is 3.76. The number of hydrogen-bond acceptors (Lipinski definition) is 2. The first-order chi connectivity index (χ1) is 7.88. The molecule has 17 heavy (non-hydrogen) atoms. The van der Waals surface area contributed by atoms with E-state index in [4.69, 9.17) is 0 Å². The van der Waals surface area contributed by atoms with Crippen LogP contribution in [0.15, 0.2) is 23.1 Å². The number of aromatic nitrogens is 1. The summed E-state index contributed by atoms with van der Waals surface area (Å²) in [7, 11) is 0. The SMILES string of the molecule is Cc1ccn(CCCOCC(F)(F)F)c(=O)c1. The average molecular weight is 249 g/mol. The summed E-state index contributed by atoms with van der Waals surface area (Å²) in [5.74, 6) is 0. The van der Waals surface area contributed by atoms with E-state index in [0.29, 0.717) is 13.0 Å². The van der Waals surface area contributed by atoms with Crippen LogP contribution >= 0.6 is 0 Å². The number of alkyl halides is 3. The Morgan fingerprint density at radius 3 is 2.71 bits per heavy atom. The third kappa shape index (κ3) is 5.53. The molecule has 0 radical (unpaired) electrons. The zero-order valence-corrected chi connectivity index (χ0v) is 9.46. The van der Waals surface area contributed by atoms with Crippen LogP contribution in [0.5, 0.6) is 0 Å². The predicted octanol–water partition coefficient (Wildman–Crippen LogP) is 2.13. The van der Waals surface area contributed by atoms with Crippen molar-refractivity contribution >= 4 is 0 Å². The number of ether oxygens (including phenoxy) is 1. The molecule has 0 saturated heterocycles. The van der Waals surface area contributed by atoms with Gasteiger partial charge in [0.05, 0.1) is 0 Å². The van der Waals surface area contributed by atoms with Gasteiger partial charge in [0.15, 0.2) is 0 Å². The van der Waals surface area contributed by atoms with E-state index in [1.807, 2.05) is 0 Å². The Kier molecular flexibility index (Phi) is 4.74. The Hall–Kier alpha value is -1.30. The zero-order valence-electron chi connectivity index (χ0n) is 9.46. The number of rotatable bonds is 5. The Labute approximate surface area is 96.8 Å². The molecule has 0 saturated carbocycles. The third-order valence-corrected chi connectivity index (χ3v) is 2.11. The molecule has 96 valence electrons. The first-order valence-corrected chi connectivity index (χ1v) is 5.20. The van der Waals surface area contributed by atoms with Gasteiger partial charge in [0, 0.05) is 25.4 Å². The van der Waals surface area contributed by atoms with E-state index >= 15 is 0 Å². The van der Waals surface area contributed by atoms with Gasteiger partial charge in [0.2, 0.25) is 0 Å². The van der Waals surface area contributed by atoms with Crippen molar-refractivity contribution in [3.05, 3.63) is 34.2 Å². The lowest BCUT2D eigenvalue weighted by Gasteiger charge is -2.08. The van der Waals surface area contributed by atoms with Gasteiger partial charge < -0.3 is 9.30 Å². The molecule has 0 bridgehead atoms. The van der Waals surface area contributed by atoms with Crippen molar-refractivity contribution in [3.8, 4) is 0 Å². The molecule has 0 N–H and O–H groups in total. The highest BCUT2D eigenvalue weighted by Crippen LogP contribution is 2.14. The van der Waals surface area contributed by atoms with Crippen molar-refractivity contribution < 1.29 is 17.9 Å². The highest BCUT2D eigenvalue weighted by atomic mass is 19.4. The van der Waals surface area contributed by atoms with E-state index in [2.05, 4.69) is 4.74 Å². The fourth-order valence-electron chi connectivity index (χ4n) is 1.32. The lowest BCUT2D eigenvalue weighted by molar-refractivity contribution is -0.174. The van der Waals surface area contributed by atoms with E-state index < -0.39 is 12.8 Å². The number of halogens is 3. The van der Waals surface area contributed by atoms with Crippen molar-refractivity contribution in [2.45, 2.75) is 26.1 Å². The van der Waals surface area contributed by atoms with Crippen LogP contribution in [0, 0.1) is 6.92 Å². The number of aryl methyl sites for hydroxylation is 2. The molecule has 1 aromatic rings. The molecule has 0 atom stereocenters. The highest BCUT2D eigenvalue weighted by molar-refractivity contribution is 5.07. The minimum Gasteiger partial charge on any atom is -0.372 e. The largest absolute Gasteiger partial charge is 0.411 e. The van der Waals surface area contributed by atoms with Crippen molar-refractivity contribution in [2.75, 3.05) is 13.2 Å². The third-order valence-electron chi connectivity index (χ3n) is 2.11. The monoisotopic (exact) mass is 249 g/mol. The number of pyridine rings is 1. The molecular weight excluding hydrogens is 235 g/mol. The van der Waals surface area contributed by atoms with E-state index in [1.165, 1.54) is 10.6 Å². The Bertz CT molecular complexity index is 412. The lowest BCUT2D eigenvalue weighted by Crippen LogP contribution is -2.21. The fourth-order valence-corrected chi connectivity index (χ4v) is 1.32. The van der Waals surface area contributed by atoms with Gasteiger partial charge in [-0.1, -0.05) is 0 Å². The Balaban J connectivity index is 2.29. The van der Waals surface area contributed by atoms with Crippen LogP contribution in [0.3, 0.4) is 0 Å². The molecule has 1 aromatic heterocycles. The molecular formula is C11H14F3NO2. The van der Waals surface area contributed by atoms with Crippen molar-refractivity contribution in [2.24, 2.45) is 0 Å². The summed E-state index contributed by atoms with van der Waals surface area (Å²) in [5.41, 5.74) is 0.709. The standard InChI is InChI=1S/C11H14F3NO2/c1-9-3-5-15(10(16)7-9)4-2-6-17-8-11(12,13)14/h3,5,7H,2,4,6,8H2,1H3. The summed E-state index contributed by atoms with van der Waals surface area (Å²) in [6.07, 6.45) is -2.29. The van der Waals surface area contributed by atoms with Crippen LogP contribution in [-0.4, -0.2) is 24.0 Å². The summed E-state index contributed by atoms with van der Waals surface area (Å²) in [6, 6.07) is 3.26. The molecule has 0 unspecified atom stereocenters. The van der Waals surface area contributed by atoms with Crippen LogP contribution < -0.4 is 5.56 Å². The minimum atomic E-state index is -4.29. The summed E-state index contributed by atoms with van der Waals surface area (Å²) in [6.45, 7) is 0.908. The Morgan fingerprint density at radius 2 is 2.12 bits per heavy atom. The first kappa shape index (κ1) is 13.8. The summed E-state index contributed by atoms with van der Waals surface area (Å²) >= 11 is 0. The minimum absolute atomic E-state index is 0.0141. The maximum atomic E-state index is 11.7. The van der Waals surface area contributed by atoms with Gasteiger partial charge in [0.25, 0.3) is 5.56 Å². The summed E-state index contributed by atoms with van der Waals surface area (Å²) < 4.78 is 41.1. The molecule has 0 amide bonds. The van der Waals surface area contributed by atoms with Gasteiger partial charge in [-0.2, -0.15) is 13.2 Å². The first-order valence-electron chi connectivity index (χ1n) is 5.20.